The summed E-state index contributed by atoms with van der Waals surface area (Å²) >= 11 is 6.44. The first-order valence-corrected chi connectivity index (χ1v) is 14.1. The number of anilines is 1. The standard InChI is InChI=1S/C30H39ClN2O4/c1-16(2)10-18-12-20(13-18)27-25(19-7-8-19)26(33-37-27)22-14-21(28(34)36-5)15-30(22,4)29(35)32-24-9-6-17(3)11-23(24)31/h6,9,11,16,18-22H,7-8,10,12-15H2,1-5H3,(H,32,35)/t18?,20?,21-,22+,30-/m1/s1. The summed E-state index contributed by atoms with van der Waals surface area (Å²) in [4.78, 5) is 26.5. The smallest absolute Gasteiger partial charge is 0.308 e. The molecule has 3 atom stereocenters. The largest absolute Gasteiger partial charge is 0.469 e. The van der Waals surface area contributed by atoms with E-state index in [-0.39, 0.29) is 23.7 Å². The number of halogens is 1. The Hall–Kier alpha value is -2.34. The number of rotatable bonds is 8. The van der Waals surface area contributed by atoms with E-state index in [1.54, 1.807) is 0 Å². The lowest BCUT2D eigenvalue weighted by Crippen LogP contribution is -2.36. The van der Waals surface area contributed by atoms with E-state index < -0.39 is 5.41 Å². The monoisotopic (exact) mass is 526 g/mol. The molecule has 0 radical (unpaired) electrons. The number of carbonyl (C=O) groups excluding carboxylic acids is 2. The molecular formula is C30H39ClN2O4. The highest BCUT2D eigenvalue weighted by molar-refractivity contribution is 6.33. The zero-order valence-electron chi connectivity index (χ0n) is 22.6. The third-order valence-corrected chi connectivity index (χ3v) is 9.21. The fourth-order valence-corrected chi connectivity index (χ4v) is 7.02. The van der Waals surface area contributed by atoms with E-state index in [2.05, 4.69) is 24.3 Å². The van der Waals surface area contributed by atoms with Crippen molar-refractivity contribution in [3.05, 3.63) is 45.8 Å². The second-order valence-corrected chi connectivity index (χ2v) is 12.8. The van der Waals surface area contributed by atoms with Crippen LogP contribution in [0.4, 0.5) is 5.69 Å². The van der Waals surface area contributed by atoms with Gasteiger partial charge >= 0.3 is 5.97 Å². The van der Waals surface area contributed by atoms with E-state index in [9.17, 15) is 9.59 Å². The fraction of sp³-hybridized carbons (Fsp3) is 0.633. The number of esters is 1. The van der Waals surface area contributed by atoms with Gasteiger partial charge in [-0.05, 0) is 87.3 Å². The SMILES string of the molecule is COC(=O)[C@@H]1C[C@@H](c2noc(C3CC(CC(C)C)C3)c2C2CC2)[C@](C)(C(=O)Nc2ccc(C)cc2Cl)C1. The molecule has 200 valence electrons. The van der Waals surface area contributed by atoms with E-state index in [4.69, 9.17) is 20.9 Å². The molecule has 0 spiro atoms. The summed E-state index contributed by atoms with van der Waals surface area (Å²) in [6, 6.07) is 5.59. The average molecular weight is 527 g/mol. The van der Waals surface area contributed by atoms with E-state index in [0.29, 0.717) is 41.3 Å². The van der Waals surface area contributed by atoms with Crippen LogP contribution in [0.1, 0.15) is 106 Å². The van der Waals surface area contributed by atoms with Crippen LogP contribution in [0.5, 0.6) is 0 Å². The Morgan fingerprint density at radius 1 is 1.22 bits per heavy atom. The van der Waals surface area contributed by atoms with Crippen molar-refractivity contribution in [2.75, 3.05) is 12.4 Å². The van der Waals surface area contributed by atoms with Crippen LogP contribution in [-0.4, -0.2) is 24.1 Å². The van der Waals surface area contributed by atoms with E-state index in [1.807, 2.05) is 32.0 Å². The lowest BCUT2D eigenvalue weighted by molar-refractivity contribution is -0.145. The van der Waals surface area contributed by atoms with Crippen molar-refractivity contribution in [1.82, 2.24) is 5.16 Å². The van der Waals surface area contributed by atoms with Crippen molar-refractivity contribution in [3.63, 3.8) is 0 Å². The second kappa shape index (κ2) is 10.1. The summed E-state index contributed by atoms with van der Waals surface area (Å²) < 4.78 is 11.2. The number of amides is 1. The fourth-order valence-electron chi connectivity index (χ4n) is 6.74. The van der Waals surface area contributed by atoms with Gasteiger partial charge in [0.15, 0.2) is 0 Å². The van der Waals surface area contributed by atoms with Gasteiger partial charge < -0.3 is 14.6 Å². The molecule has 0 bridgehead atoms. The van der Waals surface area contributed by atoms with E-state index in [0.717, 1.165) is 48.6 Å². The van der Waals surface area contributed by atoms with Crippen molar-refractivity contribution in [2.24, 2.45) is 23.2 Å². The highest BCUT2D eigenvalue weighted by atomic mass is 35.5. The third-order valence-electron chi connectivity index (χ3n) is 8.90. The molecule has 0 unspecified atom stereocenters. The number of hydrogen-bond donors (Lipinski definition) is 1. The first-order chi connectivity index (χ1) is 17.6. The molecule has 7 heteroatoms. The second-order valence-electron chi connectivity index (χ2n) is 12.4. The maximum Gasteiger partial charge on any atom is 0.308 e. The van der Waals surface area contributed by atoms with Crippen LogP contribution >= 0.6 is 11.6 Å². The highest BCUT2D eigenvalue weighted by Gasteiger charge is 2.55. The normalized spacial score (nSPS) is 29.3. The summed E-state index contributed by atoms with van der Waals surface area (Å²) in [5, 5.41) is 8.20. The molecule has 2 aromatic rings. The highest BCUT2D eigenvalue weighted by Crippen LogP contribution is 2.58. The van der Waals surface area contributed by atoms with Crippen LogP contribution in [0.25, 0.3) is 0 Å². The van der Waals surface area contributed by atoms with E-state index >= 15 is 0 Å². The number of methoxy groups -OCH3 is 1. The topological polar surface area (TPSA) is 81.4 Å². The van der Waals surface area contributed by atoms with Crippen LogP contribution in [0.2, 0.25) is 5.02 Å². The first-order valence-electron chi connectivity index (χ1n) is 13.8. The Kier molecular flexibility index (Phi) is 7.16. The minimum absolute atomic E-state index is 0.151. The molecule has 5 rings (SSSR count). The Morgan fingerprint density at radius 3 is 2.57 bits per heavy atom. The molecule has 0 saturated heterocycles. The van der Waals surface area contributed by atoms with Gasteiger partial charge in [0, 0.05) is 17.4 Å². The number of aromatic nitrogens is 1. The number of ether oxygens (including phenoxy) is 1. The summed E-state index contributed by atoms with van der Waals surface area (Å²) in [6.07, 6.45) is 6.70. The van der Waals surface area contributed by atoms with Crippen LogP contribution < -0.4 is 5.32 Å². The van der Waals surface area contributed by atoms with Gasteiger partial charge in [0.25, 0.3) is 0 Å². The van der Waals surface area contributed by atoms with E-state index in [1.165, 1.54) is 19.1 Å². The van der Waals surface area contributed by atoms with Gasteiger partial charge in [0.2, 0.25) is 5.91 Å². The maximum absolute atomic E-state index is 13.9. The lowest BCUT2D eigenvalue weighted by atomic mass is 9.68. The molecule has 3 saturated carbocycles. The molecule has 3 fully saturated rings. The van der Waals surface area contributed by atoms with Crippen molar-refractivity contribution in [2.45, 2.75) is 90.4 Å². The molecule has 1 heterocycles. The summed E-state index contributed by atoms with van der Waals surface area (Å²) in [5.41, 5.74) is 2.84. The quantitative estimate of drug-likeness (QED) is 0.363. The molecule has 1 amide bonds. The van der Waals surface area contributed by atoms with Gasteiger partial charge in [-0.25, -0.2) is 0 Å². The van der Waals surface area contributed by atoms with Crippen LogP contribution in [0.15, 0.2) is 22.7 Å². The van der Waals surface area contributed by atoms with Crippen molar-refractivity contribution in [1.29, 1.82) is 0 Å². The molecule has 1 aromatic heterocycles. The average Bonchev–Trinajstić information content (AvgIpc) is 3.47. The van der Waals surface area contributed by atoms with Crippen LogP contribution in [-0.2, 0) is 14.3 Å². The number of aryl methyl sites for hydroxylation is 1. The minimum Gasteiger partial charge on any atom is -0.469 e. The molecule has 0 aliphatic heterocycles. The molecular weight excluding hydrogens is 488 g/mol. The Bertz CT molecular complexity index is 1180. The Balaban J connectivity index is 1.46. The Morgan fingerprint density at radius 2 is 1.95 bits per heavy atom. The van der Waals surface area contributed by atoms with Gasteiger partial charge in [-0.3, -0.25) is 9.59 Å². The summed E-state index contributed by atoms with van der Waals surface area (Å²) in [5.74, 6) is 2.30. The zero-order valence-corrected chi connectivity index (χ0v) is 23.4. The maximum atomic E-state index is 13.9. The number of benzene rings is 1. The molecule has 6 nitrogen and oxygen atoms in total. The first kappa shape index (κ1) is 26.3. The summed E-state index contributed by atoms with van der Waals surface area (Å²) in [6.45, 7) is 8.47. The van der Waals surface area contributed by atoms with Crippen molar-refractivity contribution < 1.29 is 18.8 Å². The van der Waals surface area contributed by atoms with Gasteiger partial charge in [-0.2, -0.15) is 0 Å². The molecule has 1 N–H and O–H groups in total. The van der Waals surface area contributed by atoms with Gasteiger partial charge in [-0.1, -0.05) is 43.6 Å². The predicted molar refractivity (Wildman–Crippen MR) is 144 cm³/mol. The van der Waals surface area contributed by atoms with Gasteiger partial charge in [0.1, 0.15) is 5.76 Å². The number of hydrogen-bond acceptors (Lipinski definition) is 5. The lowest BCUT2D eigenvalue weighted by Gasteiger charge is -2.35. The molecule has 3 aliphatic rings. The number of carbonyl (C=O) groups is 2. The molecule has 3 aliphatic carbocycles. The predicted octanol–water partition coefficient (Wildman–Crippen LogP) is 7.37. The third kappa shape index (κ3) is 5.06. The van der Waals surface area contributed by atoms with Crippen LogP contribution in [0.3, 0.4) is 0 Å². The Labute approximate surface area is 224 Å². The molecule has 37 heavy (non-hydrogen) atoms. The summed E-state index contributed by atoms with van der Waals surface area (Å²) in [7, 11) is 1.41. The van der Waals surface area contributed by atoms with Crippen molar-refractivity contribution >= 4 is 29.2 Å². The van der Waals surface area contributed by atoms with Crippen LogP contribution in [0, 0.1) is 30.1 Å². The molecule has 1 aromatic carbocycles. The zero-order chi connectivity index (χ0) is 26.5. The van der Waals surface area contributed by atoms with Gasteiger partial charge in [-0.15, -0.1) is 0 Å². The number of nitrogens with zero attached hydrogens (tertiary/aromatic N) is 1. The minimum atomic E-state index is -0.857. The van der Waals surface area contributed by atoms with Crippen molar-refractivity contribution in [3.8, 4) is 0 Å². The van der Waals surface area contributed by atoms with Gasteiger partial charge in [0.05, 0.1) is 34.8 Å². The number of nitrogens with one attached hydrogen (secondary N) is 1.